The molecule has 1 saturated heterocycles. The Bertz CT molecular complexity index is 742. The molecule has 0 radical (unpaired) electrons. The highest BCUT2D eigenvalue weighted by atomic mass is 32.1. The molecule has 1 atom stereocenters. The molecule has 3 heterocycles. The quantitative estimate of drug-likeness (QED) is 0.834. The fraction of sp³-hybridized carbons (Fsp3) is 0.474. The Kier molecular flexibility index (Phi) is 4.27. The van der Waals surface area contributed by atoms with E-state index in [4.69, 9.17) is 0 Å². The fourth-order valence-electron chi connectivity index (χ4n) is 3.88. The first kappa shape index (κ1) is 15.6. The summed E-state index contributed by atoms with van der Waals surface area (Å²) in [5.74, 6) is 0.848. The van der Waals surface area contributed by atoms with Gasteiger partial charge < -0.3 is 9.80 Å². The molecular weight excluding hydrogens is 318 g/mol. The molecule has 126 valence electrons. The fourth-order valence-corrected chi connectivity index (χ4v) is 4.68. The standard InChI is InChI=1S/C19H23N3OS/c1-14-18(24-13-20-14)12-22-11-15(16-5-2-3-6-17(16)22)8-10-21-9-4-7-19(21)23/h2-3,5-6,13,15H,4,7-12H2,1H3/t15-/m0/s1. The number of nitrogens with zero attached hydrogens (tertiary/aromatic N) is 3. The molecule has 1 aromatic heterocycles. The van der Waals surface area contributed by atoms with E-state index in [1.807, 2.05) is 10.4 Å². The van der Waals surface area contributed by atoms with Crippen LogP contribution >= 0.6 is 11.3 Å². The average Bonchev–Trinajstić information content (AvgIpc) is 3.27. The Hall–Kier alpha value is -1.88. The van der Waals surface area contributed by atoms with E-state index in [0.717, 1.165) is 51.1 Å². The second-order valence-corrected chi connectivity index (χ2v) is 7.71. The molecule has 2 aliphatic heterocycles. The van der Waals surface area contributed by atoms with Crippen LogP contribution in [0.1, 0.15) is 41.3 Å². The van der Waals surface area contributed by atoms with Crippen LogP contribution in [0.5, 0.6) is 0 Å². The first-order valence-corrected chi connectivity index (χ1v) is 9.61. The largest absolute Gasteiger partial charge is 0.365 e. The third kappa shape index (κ3) is 2.93. The van der Waals surface area contributed by atoms with Crippen LogP contribution in [0.15, 0.2) is 29.8 Å². The van der Waals surface area contributed by atoms with E-state index in [0.29, 0.717) is 11.8 Å². The van der Waals surface area contributed by atoms with E-state index in [1.54, 1.807) is 11.3 Å². The first-order valence-electron chi connectivity index (χ1n) is 8.73. The summed E-state index contributed by atoms with van der Waals surface area (Å²) >= 11 is 1.74. The number of para-hydroxylation sites is 1. The van der Waals surface area contributed by atoms with Crippen molar-refractivity contribution in [1.29, 1.82) is 0 Å². The van der Waals surface area contributed by atoms with Gasteiger partial charge in [-0.05, 0) is 31.4 Å². The van der Waals surface area contributed by atoms with Gasteiger partial charge in [0.05, 0.1) is 17.7 Å². The predicted octanol–water partition coefficient (Wildman–Crippen LogP) is 3.57. The minimum atomic E-state index is 0.332. The van der Waals surface area contributed by atoms with Crippen molar-refractivity contribution in [2.24, 2.45) is 0 Å². The van der Waals surface area contributed by atoms with Gasteiger partial charge >= 0.3 is 0 Å². The van der Waals surface area contributed by atoms with Crippen LogP contribution in [-0.4, -0.2) is 35.4 Å². The van der Waals surface area contributed by atoms with Crippen molar-refractivity contribution in [3.05, 3.63) is 45.9 Å². The highest BCUT2D eigenvalue weighted by Gasteiger charge is 2.30. The number of aromatic nitrogens is 1. The molecule has 2 aliphatic rings. The Balaban J connectivity index is 1.48. The van der Waals surface area contributed by atoms with Crippen LogP contribution in [0.2, 0.25) is 0 Å². The molecule has 1 fully saturated rings. The Morgan fingerprint density at radius 2 is 2.17 bits per heavy atom. The van der Waals surface area contributed by atoms with Crippen molar-refractivity contribution in [3.63, 3.8) is 0 Å². The molecule has 4 nitrogen and oxygen atoms in total. The lowest BCUT2D eigenvalue weighted by atomic mass is 9.98. The van der Waals surface area contributed by atoms with Gasteiger partial charge in [0.1, 0.15) is 0 Å². The molecule has 0 saturated carbocycles. The lowest BCUT2D eigenvalue weighted by Crippen LogP contribution is -2.28. The van der Waals surface area contributed by atoms with Gasteiger partial charge in [-0.2, -0.15) is 0 Å². The van der Waals surface area contributed by atoms with Crippen molar-refractivity contribution >= 4 is 22.9 Å². The minimum Gasteiger partial charge on any atom is -0.365 e. The summed E-state index contributed by atoms with van der Waals surface area (Å²) in [7, 11) is 0. The summed E-state index contributed by atoms with van der Waals surface area (Å²) < 4.78 is 0. The zero-order valence-electron chi connectivity index (χ0n) is 14.1. The summed E-state index contributed by atoms with van der Waals surface area (Å²) in [4.78, 5) is 22.1. The lowest BCUT2D eigenvalue weighted by molar-refractivity contribution is -0.127. The molecule has 1 aromatic carbocycles. The maximum absolute atomic E-state index is 11.8. The Morgan fingerprint density at radius 3 is 2.92 bits per heavy atom. The van der Waals surface area contributed by atoms with Gasteiger partial charge in [-0.15, -0.1) is 11.3 Å². The summed E-state index contributed by atoms with van der Waals surface area (Å²) in [5.41, 5.74) is 5.86. The van der Waals surface area contributed by atoms with Gasteiger partial charge in [0.15, 0.2) is 0 Å². The molecular formula is C19H23N3OS. The third-order valence-corrected chi connectivity index (χ3v) is 6.18. The number of thiazole rings is 1. The SMILES string of the molecule is Cc1ncsc1CN1C[C@H](CCN2CCCC2=O)c2ccccc21. The molecule has 24 heavy (non-hydrogen) atoms. The van der Waals surface area contributed by atoms with Gasteiger partial charge in [-0.1, -0.05) is 18.2 Å². The lowest BCUT2D eigenvalue weighted by Gasteiger charge is -2.21. The summed E-state index contributed by atoms with van der Waals surface area (Å²) in [6.07, 6.45) is 2.82. The highest BCUT2D eigenvalue weighted by molar-refractivity contribution is 7.09. The van der Waals surface area contributed by atoms with E-state index in [2.05, 4.69) is 41.1 Å². The van der Waals surface area contributed by atoms with E-state index in [9.17, 15) is 4.79 Å². The van der Waals surface area contributed by atoms with Crippen LogP contribution in [-0.2, 0) is 11.3 Å². The van der Waals surface area contributed by atoms with Gasteiger partial charge in [-0.25, -0.2) is 4.98 Å². The van der Waals surface area contributed by atoms with E-state index in [-0.39, 0.29) is 0 Å². The Morgan fingerprint density at radius 1 is 1.29 bits per heavy atom. The molecule has 0 N–H and O–H groups in total. The molecule has 5 heteroatoms. The van der Waals surface area contributed by atoms with E-state index < -0.39 is 0 Å². The van der Waals surface area contributed by atoms with Crippen LogP contribution in [0.3, 0.4) is 0 Å². The number of carbonyl (C=O) groups excluding carboxylic acids is 1. The van der Waals surface area contributed by atoms with Crippen molar-refractivity contribution in [2.75, 3.05) is 24.5 Å². The maximum atomic E-state index is 11.8. The number of benzene rings is 1. The molecule has 0 bridgehead atoms. The number of likely N-dealkylation sites (tertiary alicyclic amines) is 1. The molecule has 0 unspecified atom stereocenters. The van der Waals surface area contributed by atoms with E-state index in [1.165, 1.54) is 16.1 Å². The van der Waals surface area contributed by atoms with Gasteiger partial charge in [0, 0.05) is 42.5 Å². The number of fused-ring (bicyclic) bond motifs is 1. The maximum Gasteiger partial charge on any atom is 0.222 e. The number of hydrogen-bond donors (Lipinski definition) is 0. The second-order valence-electron chi connectivity index (χ2n) is 6.77. The molecule has 2 aromatic rings. The van der Waals surface area contributed by atoms with Gasteiger partial charge in [0.2, 0.25) is 5.91 Å². The Labute approximate surface area is 147 Å². The number of rotatable bonds is 5. The molecule has 0 aliphatic carbocycles. The van der Waals surface area contributed by atoms with Crippen molar-refractivity contribution in [2.45, 2.75) is 38.6 Å². The van der Waals surface area contributed by atoms with Gasteiger partial charge in [0.25, 0.3) is 0 Å². The van der Waals surface area contributed by atoms with Gasteiger partial charge in [-0.3, -0.25) is 4.79 Å². The van der Waals surface area contributed by atoms with Crippen LogP contribution in [0, 0.1) is 6.92 Å². The monoisotopic (exact) mass is 341 g/mol. The number of hydrogen-bond acceptors (Lipinski definition) is 4. The summed E-state index contributed by atoms with van der Waals surface area (Å²) in [6, 6.07) is 8.74. The zero-order valence-corrected chi connectivity index (χ0v) is 14.9. The first-order chi connectivity index (χ1) is 11.7. The van der Waals surface area contributed by atoms with Crippen LogP contribution < -0.4 is 4.90 Å². The summed E-state index contributed by atoms with van der Waals surface area (Å²) in [6.45, 7) is 5.90. The predicted molar refractivity (Wildman–Crippen MR) is 97.5 cm³/mol. The van der Waals surface area contributed by atoms with Crippen molar-refractivity contribution in [3.8, 4) is 0 Å². The average molecular weight is 341 g/mol. The molecule has 0 spiro atoms. The topological polar surface area (TPSA) is 36.4 Å². The number of anilines is 1. The van der Waals surface area contributed by atoms with Crippen molar-refractivity contribution < 1.29 is 4.79 Å². The zero-order chi connectivity index (χ0) is 16.5. The van der Waals surface area contributed by atoms with Crippen LogP contribution in [0.4, 0.5) is 5.69 Å². The third-order valence-electron chi connectivity index (χ3n) is 5.26. The molecule has 1 amide bonds. The number of aryl methyl sites for hydroxylation is 1. The number of carbonyl (C=O) groups is 1. The van der Waals surface area contributed by atoms with Crippen LogP contribution in [0.25, 0.3) is 0 Å². The second kappa shape index (κ2) is 6.55. The van der Waals surface area contributed by atoms with E-state index >= 15 is 0 Å². The number of amides is 1. The minimum absolute atomic E-state index is 0.332. The molecule has 4 rings (SSSR count). The summed E-state index contributed by atoms with van der Waals surface area (Å²) in [5, 5.41) is 0. The van der Waals surface area contributed by atoms with Crippen molar-refractivity contribution in [1.82, 2.24) is 9.88 Å². The normalized spacial score (nSPS) is 20.0. The smallest absolute Gasteiger partial charge is 0.222 e. The highest BCUT2D eigenvalue weighted by Crippen LogP contribution is 2.39.